The third-order valence-corrected chi connectivity index (χ3v) is 3.81. The second kappa shape index (κ2) is 8.98. The van der Waals surface area contributed by atoms with E-state index in [1.54, 1.807) is 7.11 Å². The molecule has 5 nitrogen and oxygen atoms in total. The molecule has 124 valence electrons. The number of benzene rings is 1. The molecule has 0 heterocycles. The first-order chi connectivity index (χ1) is 11.2. The van der Waals surface area contributed by atoms with Gasteiger partial charge in [-0.2, -0.15) is 0 Å². The highest BCUT2D eigenvalue weighted by atomic mass is 16.5. The van der Waals surface area contributed by atoms with Crippen molar-refractivity contribution >= 4 is 11.9 Å². The van der Waals surface area contributed by atoms with Crippen LogP contribution in [0.3, 0.4) is 0 Å². The molecule has 0 saturated carbocycles. The van der Waals surface area contributed by atoms with E-state index in [2.05, 4.69) is 11.4 Å². The van der Waals surface area contributed by atoms with Crippen LogP contribution in [0.2, 0.25) is 0 Å². The van der Waals surface area contributed by atoms with Crippen LogP contribution in [0.1, 0.15) is 24.8 Å². The maximum absolute atomic E-state index is 11.7. The molecular formula is C18H23NO4. The minimum absolute atomic E-state index is 0.221. The largest absolute Gasteiger partial charge is 0.496 e. The van der Waals surface area contributed by atoms with Crippen molar-refractivity contribution in [3.8, 4) is 5.75 Å². The Hall–Kier alpha value is -2.30. The standard InChI is InChI=1S/C18H23NO4/c1-22-16-9-5-4-8-15(16)10-11-19-17(20)13-23-18(21)12-14-6-2-3-7-14/h2,4-6,8-9,14H,3,7,10-13H2,1H3,(H,19,20)/t14-/m1/s1. The Bertz CT molecular complexity index is 568. The van der Waals surface area contributed by atoms with Crippen molar-refractivity contribution in [2.45, 2.75) is 25.7 Å². The third-order valence-electron chi connectivity index (χ3n) is 3.81. The molecule has 0 saturated heterocycles. The normalized spacial score (nSPS) is 16.1. The van der Waals surface area contributed by atoms with Crippen molar-refractivity contribution in [1.29, 1.82) is 0 Å². The summed E-state index contributed by atoms with van der Waals surface area (Å²) in [7, 11) is 1.62. The summed E-state index contributed by atoms with van der Waals surface area (Å²) in [6, 6.07) is 7.68. The Kier molecular flexibility index (Phi) is 6.66. The van der Waals surface area contributed by atoms with Crippen LogP contribution in [0.15, 0.2) is 36.4 Å². The maximum Gasteiger partial charge on any atom is 0.306 e. The molecule has 1 aromatic rings. The van der Waals surface area contributed by atoms with E-state index < -0.39 is 0 Å². The average Bonchev–Trinajstić information content (AvgIpc) is 3.06. The highest BCUT2D eigenvalue weighted by Crippen LogP contribution is 2.20. The van der Waals surface area contributed by atoms with Crippen molar-refractivity contribution in [1.82, 2.24) is 5.32 Å². The highest BCUT2D eigenvalue weighted by Gasteiger charge is 2.15. The number of esters is 1. The summed E-state index contributed by atoms with van der Waals surface area (Å²) in [6.07, 6.45) is 7.13. The highest BCUT2D eigenvalue weighted by molar-refractivity contribution is 5.80. The molecule has 1 aliphatic carbocycles. The van der Waals surface area contributed by atoms with E-state index in [-0.39, 0.29) is 24.4 Å². The fraction of sp³-hybridized carbons (Fsp3) is 0.444. The van der Waals surface area contributed by atoms with Crippen LogP contribution in [-0.4, -0.2) is 32.1 Å². The van der Waals surface area contributed by atoms with Gasteiger partial charge in [-0.1, -0.05) is 30.4 Å². The number of hydrogen-bond donors (Lipinski definition) is 1. The second-order valence-electron chi connectivity index (χ2n) is 5.54. The average molecular weight is 317 g/mol. The fourth-order valence-corrected chi connectivity index (χ4v) is 2.58. The van der Waals surface area contributed by atoms with Crippen molar-refractivity contribution in [3.63, 3.8) is 0 Å². The molecule has 1 aromatic carbocycles. The van der Waals surface area contributed by atoms with Crippen LogP contribution in [-0.2, 0) is 20.7 Å². The number of methoxy groups -OCH3 is 1. The van der Waals surface area contributed by atoms with Crippen molar-refractivity contribution < 1.29 is 19.1 Å². The van der Waals surface area contributed by atoms with Crippen LogP contribution in [0, 0.1) is 5.92 Å². The number of carbonyl (C=O) groups excluding carboxylic acids is 2. The first-order valence-electron chi connectivity index (χ1n) is 7.90. The van der Waals surface area contributed by atoms with E-state index in [4.69, 9.17) is 9.47 Å². The van der Waals surface area contributed by atoms with Crippen molar-refractivity contribution in [2.75, 3.05) is 20.3 Å². The summed E-state index contributed by atoms with van der Waals surface area (Å²) in [5.74, 6) is 0.463. The summed E-state index contributed by atoms with van der Waals surface area (Å²) in [6.45, 7) is 0.253. The first kappa shape index (κ1) is 17.1. The van der Waals surface area contributed by atoms with Gasteiger partial charge in [-0.05, 0) is 36.8 Å². The van der Waals surface area contributed by atoms with E-state index in [1.165, 1.54) is 0 Å². The molecule has 2 rings (SSSR count). The lowest BCUT2D eigenvalue weighted by molar-refractivity contribution is -0.149. The Balaban J connectivity index is 1.63. The fourth-order valence-electron chi connectivity index (χ4n) is 2.58. The lowest BCUT2D eigenvalue weighted by Gasteiger charge is -2.10. The van der Waals surface area contributed by atoms with E-state index >= 15 is 0 Å². The molecule has 1 atom stereocenters. The summed E-state index contributed by atoms with van der Waals surface area (Å²) in [5, 5.41) is 2.75. The number of allylic oxidation sites excluding steroid dienone is 2. The number of para-hydroxylation sites is 1. The second-order valence-corrected chi connectivity index (χ2v) is 5.54. The van der Waals surface area contributed by atoms with Gasteiger partial charge in [0.05, 0.1) is 13.5 Å². The van der Waals surface area contributed by atoms with E-state index in [0.29, 0.717) is 19.4 Å². The van der Waals surface area contributed by atoms with Crippen LogP contribution in [0.5, 0.6) is 5.75 Å². The molecule has 0 radical (unpaired) electrons. The Labute approximate surface area is 136 Å². The monoisotopic (exact) mass is 317 g/mol. The number of rotatable bonds is 8. The number of nitrogens with one attached hydrogen (secondary N) is 1. The van der Waals surface area contributed by atoms with Crippen LogP contribution < -0.4 is 10.1 Å². The van der Waals surface area contributed by atoms with E-state index in [9.17, 15) is 9.59 Å². The van der Waals surface area contributed by atoms with Crippen LogP contribution in [0.4, 0.5) is 0 Å². The maximum atomic E-state index is 11.7. The molecule has 0 unspecified atom stereocenters. The molecule has 0 spiro atoms. The van der Waals surface area contributed by atoms with E-state index in [0.717, 1.165) is 24.2 Å². The molecule has 0 fully saturated rings. The summed E-state index contributed by atoms with van der Waals surface area (Å²) >= 11 is 0. The zero-order valence-corrected chi connectivity index (χ0v) is 13.4. The van der Waals surface area contributed by atoms with Gasteiger partial charge in [0.2, 0.25) is 0 Å². The van der Waals surface area contributed by atoms with Gasteiger partial charge in [-0.3, -0.25) is 9.59 Å². The van der Waals surface area contributed by atoms with E-state index in [1.807, 2.05) is 30.3 Å². The number of carbonyl (C=O) groups is 2. The lowest BCUT2D eigenvalue weighted by Crippen LogP contribution is -2.30. The van der Waals surface area contributed by atoms with Gasteiger partial charge in [-0.25, -0.2) is 0 Å². The predicted molar refractivity (Wildman–Crippen MR) is 87.1 cm³/mol. The van der Waals surface area contributed by atoms with Gasteiger partial charge in [0.15, 0.2) is 6.61 Å². The summed E-state index contributed by atoms with van der Waals surface area (Å²) < 4.78 is 10.3. The van der Waals surface area contributed by atoms with Gasteiger partial charge < -0.3 is 14.8 Å². The molecule has 0 bridgehead atoms. The number of amides is 1. The molecule has 0 aromatic heterocycles. The number of hydrogen-bond acceptors (Lipinski definition) is 4. The molecule has 1 amide bonds. The van der Waals surface area contributed by atoms with Gasteiger partial charge in [-0.15, -0.1) is 0 Å². The zero-order chi connectivity index (χ0) is 16.5. The van der Waals surface area contributed by atoms with Crippen LogP contribution in [0.25, 0.3) is 0 Å². The van der Waals surface area contributed by atoms with Crippen LogP contribution >= 0.6 is 0 Å². The molecule has 5 heteroatoms. The summed E-state index contributed by atoms with van der Waals surface area (Å²) in [4.78, 5) is 23.3. The van der Waals surface area contributed by atoms with Crippen molar-refractivity contribution in [3.05, 3.63) is 42.0 Å². The molecule has 1 aliphatic rings. The third kappa shape index (κ3) is 5.77. The topological polar surface area (TPSA) is 64.6 Å². The zero-order valence-electron chi connectivity index (χ0n) is 13.4. The number of ether oxygens (including phenoxy) is 2. The Morgan fingerprint density at radius 1 is 1.30 bits per heavy atom. The molecule has 1 N–H and O–H groups in total. The lowest BCUT2D eigenvalue weighted by atomic mass is 10.1. The molecule has 0 aliphatic heterocycles. The smallest absolute Gasteiger partial charge is 0.306 e. The first-order valence-corrected chi connectivity index (χ1v) is 7.90. The van der Waals surface area contributed by atoms with Gasteiger partial charge >= 0.3 is 5.97 Å². The molecular weight excluding hydrogens is 294 g/mol. The van der Waals surface area contributed by atoms with Gasteiger partial charge in [0.1, 0.15) is 5.75 Å². The van der Waals surface area contributed by atoms with Crippen molar-refractivity contribution in [2.24, 2.45) is 5.92 Å². The Morgan fingerprint density at radius 2 is 2.13 bits per heavy atom. The van der Waals surface area contributed by atoms with Gasteiger partial charge in [0.25, 0.3) is 5.91 Å². The molecule has 23 heavy (non-hydrogen) atoms. The quantitative estimate of drug-likeness (QED) is 0.590. The summed E-state index contributed by atoms with van der Waals surface area (Å²) in [5.41, 5.74) is 1.03. The minimum atomic E-state index is -0.318. The van der Waals surface area contributed by atoms with Gasteiger partial charge in [0, 0.05) is 6.54 Å². The minimum Gasteiger partial charge on any atom is -0.496 e. The predicted octanol–water partition coefficient (Wildman–Crippen LogP) is 2.25. The Morgan fingerprint density at radius 3 is 2.87 bits per heavy atom. The SMILES string of the molecule is COc1ccccc1CCNC(=O)COC(=O)C[C@@H]1C=CCC1.